The largest absolute Gasteiger partial charge is 0.416 e. The van der Waals surface area contributed by atoms with Crippen LogP contribution in [-0.2, 0) is 17.1 Å². The van der Waals surface area contributed by atoms with Crippen molar-refractivity contribution in [2.45, 2.75) is 116 Å². The van der Waals surface area contributed by atoms with Gasteiger partial charge in [0.2, 0.25) is 0 Å². The lowest BCUT2D eigenvalue weighted by atomic mass is 9.78. The van der Waals surface area contributed by atoms with Gasteiger partial charge in [-0.05, 0) is 42.9 Å². The number of hydrogen-bond donors (Lipinski definition) is 0. The molecule has 0 radical (unpaired) electrons. The summed E-state index contributed by atoms with van der Waals surface area (Å²) in [5.41, 5.74) is -3.44. The molecule has 0 N–H and O–H groups in total. The number of carbonyl (C=O) groups is 2. The minimum Gasteiger partial charge on any atom is -0.300 e. The second-order valence-corrected chi connectivity index (χ2v) is 10.2. The minimum absolute atomic E-state index is 0.0466. The van der Waals surface area contributed by atoms with Gasteiger partial charge in [-0.2, -0.15) is 26.3 Å². The molecule has 0 atom stereocenters. The van der Waals surface area contributed by atoms with Crippen molar-refractivity contribution in [2.75, 3.05) is 0 Å². The van der Waals surface area contributed by atoms with Crippen LogP contribution in [0.2, 0.25) is 0 Å². The highest BCUT2D eigenvalue weighted by molar-refractivity contribution is 5.96. The molecule has 0 heterocycles. The molecule has 1 aromatic carbocycles. The van der Waals surface area contributed by atoms with Crippen LogP contribution in [0.3, 0.4) is 0 Å². The van der Waals surface area contributed by atoms with E-state index in [1.165, 1.54) is 19.3 Å². The van der Waals surface area contributed by atoms with Gasteiger partial charge in [0.05, 0.1) is 11.1 Å². The van der Waals surface area contributed by atoms with E-state index < -0.39 is 34.8 Å². The molecular formula is C28H38F6O2. The molecule has 1 saturated carbocycles. The predicted octanol–water partition coefficient (Wildman–Crippen LogP) is 9.59. The van der Waals surface area contributed by atoms with Crippen LogP contribution in [-0.4, -0.2) is 11.6 Å². The molecule has 2 rings (SSSR count). The Hall–Kier alpha value is -1.86. The molecule has 1 fully saturated rings. The van der Waals surface area contributed by atoms with Gasteiger partial charge in [0, 0.05) is 24.8 Å². The van der Waals surface area contributed by atoms with E-state index in [2.05, 4.69) is 0 Å². The number of rotatable bonds is 14. The van der Waals surface area contributed by atoms with E-state index in [0.717, 1.165) is 51.4 Å². The highest BCUT2D eigenvalue weighted by atomic mass is 19.4. The van der Waals surface area contributed by atoms with Crippen molar-refractivity contribution in [3.63, 3.8) is 0 Å². The van der Waals surface area contributed by atoms with Gasteiger partial charge in [-0.3, -0.25) is 9.59 Å². The van der Waals surface area contributed by atoms with E-state index in [4.69, 9.17) is 0 Å². The van der Waals surface area contributed by atoms with E-state index in [1.807, 2.05) is 6.92 Å². The molecule has 0 unspecified atom stereocenters. The molecule has 0 aliphatic heterocycles. The Morgan fingerprint density at radius 1 is 0.694 bits per heavy atom. The maximum absolute atomic E-state index is 13.0. The molecule has 1 aliphatic rings. The summed E-state index contributed by atoms with van der Waals surface area (Å²) < 4.78 is 78.1. The van der Waals surface area contributed by atoms with Crippen LogP contribution >= 0.6 is 0 Å². The monoisotopic (exact) mass is 520 g/mol. The first-order valence-corrected chi connectivity index (χ1v) is 13.2. The first-order valence-electron chi connectivity index (χ1n) is 13.2. The molecule has 0 bridgehead atoms. The van der Waals surface area contributed by atoms with Crippen LogP contribution in [0.5, 0.6) is 0 Å². The highest BCUT2D eigenvalue weighted by Gasteiger charge is 2.37. The predicted molar refractivity (Wildman–Crippen MR) is 128 cm³/mol. The molecule has 1 aromatic rings. The van der Waals surface area contributed by atoms with Crippen molar-refractivity contribution in [3.05, 3.63) is 34.9 Å². The van der Waals surface area contributed by atoms with Gasteiger partial charge in [-0.1, -0.05) is 71.1 Å². The second-order valence-electron chi connectivity index (χ2n) is 10.2. The van der Waals surface area contributed by atoms with Gasteiger partial charge in [-0.25, -0.2) is 0 Å². The van der Waals surface area contributed by atoms with Crippen LogP contribution in [0.4, 0.5) is 26.3 Å². The lowest BCUT2D eigenvalue weighted by Crippen LogP contribution is -2.15. The molecule has 8 heteroatoms. The molecule has 36 heavy (non-hydrogen) atoms. The normalized spacial score (nSPS) is 18.9. The van der Waals surface area contributed by atoms with Gasteiger partial charge >= 0.3 is 12.4 Å². The number of carbonyl (C=O) groups excluding carboxylic acids is 2. The van der Waals surface area contributed by atoms with Crippen LogP contribution in [0, 0.1) is 11.8 Å². The fourth-order valence-electron chi connectivity index (χ4n) is 5.08. The van der Waals surface area contributed by atoms with Crippen LogP contribution in [0.25, 0.3) is 0 Å². The zero-order chi connectivity index (χ0) is 26.8. The Labute approximate surface area is 210 Å². The van der Waals surface area contributed by atoms with Crippen molar-refractivity contribution in [1.29, 1.82) is 0 Å². The van der Waals surface area contributed by atoms with Gasteiger partial charge in [-0.15, -0.1) is 0 Å². The topological polar surface area (TPSA) is 34.1 Å². The SMILES string of the molecule is CCC(=O)CCCCCCCC1CCC(CCCC(=O)c2cc(C(F)(F)F)cc(C(F)(F)F)c2)CC1. The Kier molecular flexibility index (Phi) is 12.0. The lowest BCUT2D eigenvalue weighted by molar-refractivity contribution is -0.143. The van der Waals surface area contributed by atoms with E-state index >= 15 is 0 Å². The molecule has 1 aliphatic carbocycles. The molecule has 0 aromatic heterocycles. The third kappa shape index (κ3) is 10.6. The average Bonchev–Trinajstić information content (AvgIpc) is 2.82. The quantitative estimate of drug-likeness (QED) is 0.139. The van der Waals surface area contributed by atoms with Crippen molar-refractivity contribution >= 4 is 11.6 Å². The van der Waals surface area contributed by atoms with Gasteiger partial charge in [0.15, 0.2) is 5.78 Å². The Balaban J connectivity index is 1.68. The second kappa shape index (κ2) is 14.2. The first-order chi connectivity index (χ1) is 16.9. The maximum atomic E-state index is 13.0. The molecular weight excluding hydrogens is 482 g/mol. The fraction of sp³-hybridized carbons (Fsp3) is 0.714. The Bertz CT molecular complexity index is 803. The Morgan fingerprint density at radius 2 is 1.17 bits per heavy atom. The summed E-state index contributed by atoms with van der Waals surface area (Å²) >= 11 is 0. The number of hydrogen-bond acceptors (Lipinski definition) is 2. The number of benzene rings is 1. The molecule has 204 valence electrons. The summed E-state index contributed by atoms with van der Waals surface area (Å²) in [6, 6.07) is 1.09. The summed E-state index contributed by atoms with van der Waals surface area (Å²) in [5, 5.41) is 0. The summed E-state index contributed by atoms with van der Waals surface area (Å²) in [6.07, 6.45) is 3.80. The summed E-state index contributed by atoms with van der Waals surface area (Å²) in [4.78, 5) is 23.7. The standard InChI is InChI=1S/C28H38F6O2/c1-2-25(35)11-7-5-3-4-6-9-20-13-15-21(16-14-20)10-8-12-26(36)22-17-23(27(29,30)31)19-24(18-22)28(32,33)34/h17-21H,2-16H2,1H3. The minimum atomic E-state index is -4.95. The summed E-state index contributed by atoms with van der Waals surface area (Å²) in [6.45, 7) is 1.90. The first kappa shape index (κ1) is 30.4. The smallest absolute Gasteiger partial charge is 0.300 e. The number of unbranched alkanes of at least 4 members (excludes halogenated alkanes) is 4. The van der Waals surface area contributed by atoms with E-state index in [0.29, 0.717) is 49.0 Å². The summed E-state index contributed by atoms with van der Waals surface area (Å²) in [7, 11) is 0. The van der Waals surface area contributed by atoms with Crippen molar-refractivity contribution < 1.29 is 35.9 Å². The van der Waals surface area contributed by atoms with Crippen molar-refractivity contribution in [2.24, 2.45) is 11.8 Å². The third-order valence-electron chi connectivity index (χ3n) is 7.35. The molecule has 0 amide bonds. The van der Waals surface area contributed by atoms with Crippen molar-refractivity contribution in [3.8, 4) is 0 Å². The molecule has 2 nitrogen and oxygen atoms in total. The average molecular weight is 521 g/mol. The molecule has 0 spiro atoms. The van der Waals surface area contributed by atoms with Crippen LogP contribution < -0.4 is 0 Å². The number of ketones is 2. The van der Waals surface area contributed by atoms with Gasteiger partial charge in [0.25, 0.3) is 0 Å². The maximum Gasteiger partial charge on any atom is 0.416 e. The van der Waals surface area contributed by atoms with E-state index in [9.17, 15) is 35.9 Å². The highest BCUT2D eigenvalue weighted by Crippen LogP contribution is 2.37. The third-order valence-corrected chi connectivity index (χ3v) is 7.35. The molecule has 0 saturated heterocycles. The van der Waals surface area contributed by atoms with E-state index in [1.54, 1.807) is 0 Å². The van der Waals surface area contributed by atoms with Crippen LogP contribution in [0.15, 0.2) is 18.2 Å². The zero-order valence-electron chi connectivity index (χ0n) is 21.1. The number of alkyl halides is 6. The van der Waals surface area contributed by atoms with E-state index in [-0.39, 0.29) is 12.5 Å². The zero-order valence-corrected chi connectivity index (χ0v) is 21.1. The van der Waals surface area contributed by atoms with Gasteiger partial charge in [0.1, 0.15) is 5.78 Å². The lowest BCUT2D eigenvalue weighted by Gasteiger charge is -2.28. The van der Waals surface area contributed by atoms with Crippen LogP contribution in [0.1, 0.15) is 125 Å². The van der Waals surface area contributed by atoms with Crippen molar-refractivity contribution in [1.82, 2.24) is 0 Å². The summed E-state index contributed by atoms with van der Waals surface area (Å²) in [5.74, 6) is 0.814. The Morgan fingerprint density at radius 3 is 1.67 bits per heavy atom. The number of halogens is 6. The number of Topliss-reactive ketones (excluding diaryl/α,β-unsaturated/α-hetero) is 2. The fourth-order valence-corrected chi connectivity index (χ4v) is 5.08. The van der Waals surface area contributed by atoms with Gasteiger partial charge < -0.3 is 0 Å².